The second-order valence-electron chi connectivity index (χ2n) is 2.82. The highest BCUT2D eigenvalue weighted by molar-refractivity contribution is 5.23. The van der Waals surface area contributed by atoms with Crippen LogP contribution in [0.2, 0.25) is 0 Å². The van der Waals surface area contributed by atoms with E-state index in [1.165, 1.54) is 11.3 Å². The molecule has 2 N–H and O–H groups in total. The molecule has 0 saturated carbocycles. The Morgan fingerprint density at radius 3 is 2.45 bits per heavy atom. The second kappa shape index (κ2) is 3.05. The van der Waals surface area contributed by atoms with E-state index in [0.717, 1.165) is 12.1 Å². The van der Waals surface area contributed by atoms with Crippen LogP contribution in [0.4, 0.5) is 0 Å². The standard InChI is InChI=1S/C8H15N3/c1-6-7(2)10-11(3)8(6)4-5-9/h4-5,9H2,1-3H3. The Kier molecular flexibility index (Phi) is 2.29. The lowest BCUT2D eigenvalue weighted by atomic mass is 10.2. The Morgan fingerprint density at radius 2 is 2.09 bits per heavy atom. The van der Waals surface area contributed by atoms with Crippen molar-refractivity contribution in [2.24, 2.45) is 12.8 Å². The van der Waals surface area contributed by atoms with E-state index in [-0.39, 0.29) is 0 Å². The molecule has 11 heavy (non-hydrogen) atoms. The summed E-state index contributed by atoms with van der Waals surface area (Å²) < 4.78 is 1.91. The van der Waals surface area contributed by atoms with Crippen LogP contribution in [-0.4, -0.2) is 16.3 Å². The molecule has 1 heterocycles. The number of nitrogens with zero attached hydrogens (tertiary/aromatic N) is 2. The van der Waals surface area contributed by atoms with Gasteiger partial charge in [-0.05, 0) is 26.0 Å². The van der Waals surface area contributed by atoms with Gasteiger partial charge < -0.3 is 5.73 Å². The number of hydrogen-bond acceptors (Lipinski definition) is 2. The molecule has 1 aromatic rings. The van der Waals surface area contributed by atoms with E-state index in [0.29, 0.717) is 6.54 Å². The minimum Gasteiger partial charge on any atom is -0.330 e. The Bertz CT molecular complexity index is 250. The van der Waals surface area contributed by atoms with Crippen molar-refractivity contribution in [2.45, 2.75) is 20.3 Å². The van der Waals surface area contributed by atoms with E-state index in [1.54, 1.807) is 0 Å². The largest absolute Gasteiger partial charge is 0.330 e. The zero-order valence-electron chi connectivity index (χ0n) is 7.39. The summed E-state index contributed by atoms with van der Waals surface area (Å²) in [5, 5.41) is 4.29. The van der Waals surface area contributed by atoms with Gasteiger partial charge in [-0.1, -0.05) is 0 Å². The van der Waals surface area contributed by atoms with Crippen molar-refractivity contribution in [2.75, 3.05) is 6.54 Å². The summed E-state index contributed by atoms with van der Waals surface area (Å²) in [6, 6.07) is 0. The Hall–Kier alpha value is -0.830. The van der Waals surface area contributed by atoms with Gasteiger partial charge in [-0.3, -0.25) is 4.68 Å². The molecule has 0 bridgehead atoms. The van der Waals surface area contributed by atoms with Crippen LogP contribution in [-0.2, 0) is 13.5 Å². The number of aryl methyl sites for hydroxylation is 2. The Morgan fingerprint density at radius 1 is 1.45 bits per heavy atom. The van der Waals surface area contributed by atoms with Crippen LogP contribution in [0.5, 0.6) is 0 Å². The van der Waals surface area contributed by atoms with Crippen LogP contribution in [0.1, 0.15) is 17.0 Å². The molecule has 0 amide bonds. The van der Waals surface area contributed by atoms with E-state index in [9.17, 15) is 0 Å². The smallest absolute Gasteiger partial charge is 0.0625 e. The molecule has 0 unspecified atom stereocenters. The zero-order chi connectivity index (χ0) is 8.43. The highest BCUT2D eigenvalue weighted by Gasteiger charge is 2.06. The van der Waals surface area contributed by atoms with Gasteiger partial charge >= 0.3 is 0 Å². The fourth-order valence-electron chi connectivity index (χ4n) is 1.30. The fourth-order valence-corrected chi connectivity index (χ4v) is 1.30. The summed E-state index contributed by atoms with van der Waals surface area (Å²) in [6.45, 7) is 4.81. The SMILES string of the molecule is Cc1nn(C)c(CCN)c1C. The van der Waals surface area contributed by atoms with Crippen molar-refractivity contribution in [3.05, 3.63) is 17.0 Å². The third-order valence-corrected chi connectivity index (χ3v) is 2.05. The summed E-state index contributed by atoms with van der Waals surface area (Å²) in [6.07, 6.45) is 0.920. The molecule has 0 atom stereocenters. The van der Waals surface area contributed by atoms with Gasteiger partial charge in [0.1, 0.15) is 0 Å². The minimum absolute atomic E-state index is 0.694. The topological polar surface area (TPSA) is 43.8 Å². The molecule has 62 valence electrons. The van der Waals surface area contributed by atoms with Gasteiger partial charge in [0, 0.05) is 19.2 Å². The van der Waals surface area contributed by atoms with E-state index < -0.39 is 0 Å². The average Bonchev–Trinajstić information content (AvgIpc) is 2.17. The summed E-state index contributed by atoms with van der Waals surface area (Å²) in [4.78, 5) is 0. The lowest BCUT2D eigenvalue weighted by Crippen LogP contribution is -2.08. The van der Waals surface area contributed by atoms with Crippen LogP contribution in [0, 0.1) is 13.8 Å². The lowest BCUT2D eigenvalue weighted by molar-refractivity contribution is 0.699. The van der Waals surface area contributed by atoms with E-state index in [1.807, 2.05) is 18.7 Å². The molecular formula is C8H15N3. The van der Waals surface area contributed by atoms with Gasteiger partial charge in [-0.15, -0.1) is 0 Å². The Labute approximate surface area is 67.2 Å². The van der Waals surface area contributed by atoms with Crippen molar-refractivity contribution >= 4 is 0 Å². The van der Waals surface area contributed by atoms with Gasteiger partial charge in [0.15, 0.2) is 0 Å². The number of rotatable bonds is 2. The molecule has 0 fully saturated rings. The van der Waals surface area contributed by atoms with E-state index >= 15 is 0 Å². The van der Waals surface area contributed by atoms with Crippen LogP contribution >= 0.6 is 0 Å². The number of hydrogen-bond donors (Lipinski definition) is 1. The maximum atomic E-state index is 5.47. The van der Waals surface area contributed by atoms with Crippen LogP contribution in [0.15, 0.2) is 0 Å². The molecule has 0 aliphatic heterocycles. The first kappa shape index (κ1) is 8.27. The number of nitrogens with two attached hydrogens (primary N) is 1. The Balaban J connectivity index is 3.02. The van der Waals surface area contributed by atoms with Gasteiger partial charge in [0.05, 0.1) is 5.69 Å². The first-order chi connectivity index (χ1) is 5.16. The highest BCUT2D eigenvalue weighted by Crippen LogP contribution is 2.10. The predicted molar refractivity (Wildman–Crippen MR) is 45.4 cm³/mol. The third kappa shape index (κ3) is 1.43. The summed E-state index contributed by atoms with van der Waals surface area (Å²) >= 11 is 0. The highest BCUT2D eigenvalue weighted by atomic mass is 15.3. The maximum absolute atomic E-state index is 5.47. The zero-order valence-corrected chi connectivity index (χ0v) is 7.39. The normalized spacial score (nSPS) is 10.5. The molecule has 0 aliphatic carbocycles. The van der Waals surface area contributed by atoms with E-state index in [2.05, 4.69) is 12.0 Å². The monoisotopic (exact) mass is 153 g/mol. The van der Waals surface area contributed by atoms with Crippen LogP contribution in [0.25, 0.3) is 0 Å². The summed E-state index contributed by atoms with van der Waals surface area (Å²) in [7, 11) is 1.96. The van der Waals surface area contributed by atoms with E-state index in [4.69, 9.17) is 5.73 Å². The minimum atomic E-state index is 0.694. The molecular weight excluding hydrogens is 138 g/mol. The molecule has 1 rings (SSSR count). The molecule has 1 aromatic heterocycles. The molecule has 3 nitrogen and oxygen atoms in total. The van der Waals surface area contributed by atoms with Crippen LogP contribution < -0.4 is 5.73 Å². The van der Waals surface area contributed by atoms with Crippen molar-refractivity contribution in [1.29, 1.82) is 0 Å². The van der Waals surface area contributed by atoms with Gasteiger partial charge in [0.25, 0.3) is 0 Å². The van der Waals surface area contributed by atoms with Gasteiger partial charge in [-0.2, -0.15) is 5.10 Å². The van der Waals surface area contributed by atoms with Crippen LogP contribution in [0.3, 0.4) is 0 Å². The molecule has 0 aliphatic rings. The van der Waals surface area contributed by atoms with Crippen molar-refractivity contribution < 1.29 is 0 Å². The summed E-state index contributed by atoms with van der Waals surface area (Å²) in [5.74, 6) is 0. The predicted octanol–water partition coefficient (Wildman–Crippen LogP) is 0.538. The molecule has 0 saturated heterocycles. The lowest BCUT2D eigenvalue weighted by Gasteiger charge is -1.99. The quantitative estimate of drug-likeness (QED) is 0.674. The first-order valence-corrected chi connectivity index (χ1v) is 3.86. The van der Waals surface area contributed by atoms with Crippen molar-refractivity contribution in [3.63, 3.8) is 0 Å². The molecule has 0 aromatic carbocycles. The molecule has 0 spiro atoms. The van der Waals surface area contributed by atoms with Crippen molar-refractivity contribution in [3.8, 4) is 0 Å². The maximum Gasteiger partial charge on any atom is 0.0625 e. The second-order valence-corrected chi connectivity index (χ2v) is 2.82. The number of aromatic nitrogens is 2. The average molecular weight is 153 g/mol. The van der Waals surface area contributed by atoms with Gasteiger partial charge in [0.2, 0.25) is 0 Å². The van der Waals surface area contributed by atoms with Gasteiger partial charge in [-0.25, -0.2) is 0 Å². The molecule has 3 heteroatoms. The summed E-state index contributed by atoms with van der Waals surface area (Å²) in [5.41, 5.74) is 9.10. The third-order valence-electron chi connectivity index (χ3n) is 2.05. The first-order valence-electron chi connectivity index (χ1n) is 3.86. The molecule has 0 radical (unpaired) electrons. The van der Waals surface area contributed by atoms with Crippen molar-refractivity contribution in [1.82, 2.24) is 9.78 Å². The fraction of sp³-hybridized carbons (Fsp3) is 0.625.